The van der Waals surface area contributed by atoms with Crippen molar-refractivity contribution in [3.05, 3.63) is 54.6 Å². The molecule has 1 N–H and O–H groups in total. The fraction of sp³-hybridized carbons (Fsp3) is 0.455. The number of halogens is 1. The van der Waals surface area contributed by atoms with E-state index in [-0.39, 0.29) is 18.2 Å². The van der Waals surface area contributed by atoms with Gasteiger partial charge < -0.3 is 14.7 Å². The molecule has 1 aliphatic rings. The van der Waals surface area contributed by atoms with Crippen molar-refractivity contribution in [3.63, 3.8) is 0 Å². The minimum atomic E-state index is 0. The number of aromatic hydroxyl groups is 1. The van der Waals surface area contributed by atoms with E-state index >= 15 is 0 Å². The molecule has 1 fully saturated rings. The molecule has 5 heteroatoms. The smallest absolute Gasteiger partial charge is 0.119 e. The zero-order valence-electron chi connectivity index (χ0n) is 16.4. The van der Waals surface area contributed by atoms with Crippen LogP contribution in [0.2, 0.25) is 0 Å². The van der Waals surface area contributed by atoms with Gasteiger partial charge in [-0.15, -0.1) is 12.4 Å². The zero-order chi connectivity index (χ0) is 18.5. The molecular formula is C22H31ClN2O2. The summed E-state index contributed by atoms with van der Waals surface area (Å²) in [5.41, 5.74) is 1.32. The molecule has 1 aliphatic heterocycles. The molecule has 0 saturated carbocycles. The molecule has 2 aromatic carbocycles. The van der Waals surface area contributed by atoms with Crippen molar-refractivity contribution in [2.24, 2.45) is 5.92 Å². The van der Waals surface area contributed by atoms with E-state index in [1.165, 1.54) is 5.69 Å². The van der Waals surface area contributed by atoms with Gasteiger partial charge in [0.05, 0.1) is 0 Å². The number of ether oxygens (including phenoxy) is 1. The second kappa shape index (κ2) is 9.86. The minimum Gasteiger partial charge on any atom is -0.508 e. The summed E-state index contributed by atoms with van der Waals surface area (Å²) in [5, 5.41) is 9.35. The first kappa shape index (κ1) is 21.4. The van der Waals surface area contributed by atoms with Crippen molar-refractivity contribution in [2.45, 2.75) is 32.9 Å². The number of phenolic OH excluding ortho intramolecular Hbond substituents is 1. The second-order valence-corrected chi connectivity index (χ2v) is 7.49. The summed E-state index contributed by atoms with van der Waals surface area (Å²) in [7, 11) is 0. The number of nitrogens with zero attached hydrogens (tertiary/aromatic N) is 2. The normalized spacial score (nSPS) is 20.4. The van der Waals surface area contributed by atoms with Crippen LogP contribution in [0.15, 0.2) is 54.6 Å². The monoisotopic (exact) mass is 390 g/mol. The Morgan fingerprint density at radius 1 is 1.04 bits per heavy atom. The number of rotatable bonds is 6. The SMILES string of the molecule is CC(C)C1CN(CCOc2ccc(O)cc2)C(C)CN1c1ccccc1.Cl. The van der Waals surface area contributed by atoms with Crippen LogP contribution in [0.5, 0.6) is 11.5 Å². The molecule has 0 aliphatic carbocycles. The molecule has 1 saturated heterocycles. The van der Waals surface area contributed by atoms with Gasteiger partial charge in [-0.2, -0.15) is 0 Å². The molecule has 4 nitrogen and oxygen atoms in total. The van der Waals surface area contributed by atoms with E-state index in [0.717, 1.165) is 25.4 Å². The number of hydrogen-bond acceptors (Lipinski definition) is 4. The summed E-state index contributed by atoms with van der Waals surface area (Å²) >= 11 is 0. The highest BCUT2D eigenvalue weighted by Gasteiger charge is 2.33. The number of para-hydroxylation sites is 1. The molecule has 148 valence electrons. The molecule has 27 heavy (non-hydrogen) atoms. The molecule has 0 radical (unpaired) electrons. The van der Waals surface area contributed by atoms with Crippen LogP contribution in [-0.2, 0) is 0 Å². The van der Waals surface area contributed by atoms with Crippen LogP contribution in [-0.4, -0.2) is 48.3 Å². The summed E-state index contributed by atoms with van der Waals surface area (Å²) in [6, 6.07) is 18.7. The van der Waals surface area contributed by atoms with E-state index in [0.29, 0.717) is 24.6 Å². The molecule has 0 aromatic heterocycles. The quantitative estimate of drug-likeness (QED) is 0.791. The Labute approximate surface area is 169 Å². The third-order valence-electron chi connectivity index (χ3n) is 5.25. The fourth-order valence-corrected chi connectivity index (χ4v) is 3.68. The third kappa shape index (κ3) is 5.53. The van der Waals surface area contributed by atoms with Crippen molar-refractivity contribution in [3.8, 4) is 11.5 Å². The molecule has 0 bridgehead atoms. The Morgan fingerprint density at radius 3 is 2.33 bits per heavy atom. The van der Waals surface area contributed by atoms with Crippen LogP contribution in [0, 0.1) is 5.92 Å². The van der Waals surface area contributed by atoms with E-state index in [1.54, 1.807) is 12.1 Å². The second-order valence-electron chi connectivity index (χ2n) is 7.49. The molecule has 3 rings (SSSR count). The van der Waals surface area contributed by atoms with Gasteiger partial charge in [0.1, 0.15) is 18.1 Å². The third-order valence-corrected chi connectivity index (χ3v) is 5.25. The first-order valence-electron chi connectivity index (χ1n) is 9.52. The van der Waals surface area contributed by atoms with Crippen molar-refractivity contribution >= 4 is 18.1 Å². The first-order valence-corrected chi connectivity index (χ1v) is 9.52. The summed E-state index contributed by atoms with van der Waals surface area (Å²) in [5.74, 6) is 1.66. The average molecular weight is 391 g/mol. The van der Waals surface area contributed by atoms with Crippen LogP contribution in [0.1, 0.15) is 20.8 Å². The lowest BCUT2D eigenvalue weighted by atomic mass is 9.96. The molecule has 2 unspecified atom stereocenters. The van der Waals surface area contributed by atoms with Crippen molar-refractivity contribution in [1.29, 1.82) is 0 Å². The predicted molar refractivity (Wildman–Crippen MR) is 114 cm³/mol. The lowest BCUT2D eigenvalue weighted by molar-refractivity contribution is 0.122. The van der Waals surface area contributed by atoms with Gasteiger partial charge in [-0.1, -0.05) is 32.0 Å². The van der Waals surface area contributed by atoms with Crippen molar-refractivity contribution in [1.82, 2.24) is 4.90 Å². The molecular weight excluding hydrogens is 360 g/mol. The van der Waals surface area contributed by atoms with Gasteiger partial charge in [0.15, 0.2) is 0 Å². The number of benzene rings is 2. The number of piperazine rings is 1. The maximum atomic E-state index is 9.35. The number of anilines is 1. The van der Waals surface area contributed by atoms with Crippen LogP contribution in [0.25, 0.3) is 0 Å². The number of phenols is 1. The minimum absolute atomic E-state index is 0. The van der Waals surface area contributed by atoms with E-state index in [9.17, 15) is 5.11 Å². The lowest BCUT2D eigenvalue weighted by Gasteiger charge is -2.48. The van der Waals surface area contributed by atoms with Crippen LogP contribution in [0.4, 0.5) is 5.69 Å². The van der Waals surface area contributed by atoms with Crippen LogP contribution >= 0.6 is 12.4 Å². The summed E-state index contributed by atoms with van der Waals surface area (Å²) in [6.07, 6.45) is 0. The Hall–Kier alpha value is -1.91. The summed E-state index contributed by atoms with van der Waals surface area (Å²) in [4.78, 5) is 5.09. The lowest BCUT2D eigenvalue weighted by Crippen LogP contribution is -2.59. The van der Waals surface area contributed by atoms with Gasteiger partial charge in [0.2, 0.25) is 0 Å². The zero-order valence-corrected chi connectivity index (χ0v) is 17.2. The molecule has 0 amide bonds. The topological polar surface area (TPSA) is 35.9 Å². The maximum Gasteiger partial charge on any atom is 0.119 e. The molecule has 1 heterocycles. The van der Waals surface area contributed by atoms with Gasteiger partial charge in [-0.3, -0.25) is 4.90 Å². The van der Waals surface area contributed by atoms with E-state index < -0.39 is 0 Å². The highest BCUT2D eigenvalue weighted by molar-refractivity contribution is 5.85. The van der Waals surface area contributed by atoms with Crippen LogP contribution < -0.4 is 9.64 Å². The number of hydrogen-bond donors (Lipinski definition) is 1. The summed E-state index contributed by atoms with van der Waals surface area (Å²) < 4.78 is 5.85. The average Bonchev–Trinajstić information content (AvgIpc) is 2.65. The highest BCUT2D eigenvalue weighted by Crippen LogP contribution is 2.27. The first-order chi connectivity index (χ1) is 12.5. The molecule has 2 atom stereocenters. The Bertz CT molecular complexity index is 678. The largest absolute Gasteiger partial charge is 0.508 e. The predicted octanol–water partition coefficient (Wildman–Crippen LogP) is 4.43. The van der Waals surface area contributed by atoms with Crippen LogP contribution in [0.3, 0.4) is 0 Å². The Morgan fingerprint density at radius 2 is 1.70 bits per heavy atom. The van der Waals surface area contributed by atoms with E-state index in [1.807, 2.05) is 12.1 Å². The van der Waals surface area contributed by atoms with Gasteiger partial charge >= 0.3 is 0 Å². The van der Waals surface area contributed by atoms with Gasteiger partial charge in [-0.05, 0) is 49.2 Å². The van der Waals surface area contributed by atoms with Gasteiger partial charge in [-0.25, -0.2) is 0 Å². The van der Waals surface area contributed by atoms with Gasteiger partial charge in [0.25, 0.3) is 0 Å². The Balaban J connectivity index is 0.00000261. The molecule has 2 aromatic rings. The van der Waals surface area contributed by atoms with Crippen molar-refractivity contribution in [2.75, 3.05) is 31.1 Å². The summed E-state index contributed by atoms with van der Waals surface area (Å²) in [6.45, 7) is 10.6. The Kier molecular flexibility index (Phi) is 7.81. The maximum absolute atomic E-state index is 9.35. The van der Waals surface area contributed by atoms with Crippen molar-refractivity contribution < 1.29 is 9.84 Å². The highest BCUT2D eigenvalue weighted by atomic mass is 35.5. The molecule has 0 spiro atoms. The fourth-order valence-electron chi connectivity index (χ4n) is 3.68. The van der Waals surface area contributed by atoms with E-state index in [2.05, 4.69) is 60.9 Å². The van der Waals surface area contributed by atoms with E-state index in [4.69, 9.17) is 4.74 Å². The van der Waals surface area contributed by atoms with Gasteiger partial charge in [0, 0.05) is 37.4 Å². The standard InChI is InChI=1S/C22H30N2O2.ClH/c1-17(2)22-16-23(13-14-26-21-11-9-20(25)10-12-21)18(3)15-24(22)19-7-5-4-6-8-19;/h4-12,17-18,22,25H,13-16H2,1-3H3;1H.